The first-order valence-electron chi connectivity index (χ1n) is 14.2. The van der Waals surface area contributed by atoms with Gasteiger partial charge < -0.3 is 14.8 Å². The van der Waals surface area contributed by atoms with Crippen LogP contribution in [0.3, 0.4) is 0 Å². The van der Waals surface area contributed by atoms with E-state index in [0.29, 0.717) is 16.3 Å². The van der Waals surface area contributed by atoms with Crippen LogP contribution in [0.25, 0.3) is 28.3 Å². The number of carbonyl (C=O) groups excluding carboxylic acids is 1. The molecule has 0 saturated heterocycles. The molecule has 13 heteroatoms. The average molecular weight is 649 g/mol. The Morgan fingerprint density at radius 2 is 1.74 bits per heavy atom. The van der Waals surface area contributed by atoms with E-state index in [2.05, 4.69) is 39.0 Å². The monoisotopic (exact) mass is 648 g/mol. The van der Waals surface area contributed by atoms with Crippen molar-refractivity contribution in [2.24, 2.45) is 4.99 Å². The predicted molar refractivity (Wildman–Crippen MR) is 170 cm³/mol. The fraction of sp³-hybridized carbons (Fsp3) is 0.212. The van der Waals surface area contributed by atoms with E-state index in [1.807, 2.05) is 66.3 Å². The van der Waals surface area contributed by atoms with Crippen molar-refractivity contribution in [1.82, 2.24) is 24.6 Å². The Bertz CT molecular complexity index is 1940. The molecule has 0 saturated carbocycles. The maximum absolute atomic E-state index is 12.9. The summed E-state index contributed by atoms with van der Waals surface area (Å²) in [4.78, 5) is 22.1. The Balaban J connectivity index is 1.29. The molecular weight excluding hydrogens is 617 g/mol. The van der Waals surface area contributed by atoms with Crippen molar-refractivity contribution in [3.05, 3.63) is 106 Å². The molecule has 5 aromatic rings. The second-order valence-corrected chi connectivity index (χ2v) is 11.4. The lowest BCUT2D eigenvalue weighted by atomic mass is 10.0. The first kappa shape index (κ1) is 32.2. The number of aryl methyl sites for hydroxylation is 1. The van der Waals surface area contributed by atoms with Gasteiger partial charge in [-0.3, -0.25) is 4.57 Å². The quantitative estimate of drug-likeness (QED) is 0.185. The number of halogens is 3. The molecule has 0 atom stereocenters. The summed E-state index contributed by atoms with van der Waals surface area (Å²) in [6, 6.07) is 18.2. The van der Waals surface area contributed by atoms with Crippen molar-refractivity contribution in [1.29, 1.82) is 0 Å². The number of rotatable bonds is 8. The van der Waals surface area contributed by atoms with Crippen LogP contribution in [0.4, 0.5) is 18.0 Å². The summed E-state index contributed by atoms with van der Waals surface area (Å²) < 4.78 is 50.1. The highest BCUT2D eigenvalue weighted by molar-refractivity contribution is 7.07. The van der Waals surface area contributed by atoms with Gasteiger partial charge in [-0.1, -0.05) is 44.2 Å². The van der Waals surface area contributed by atoms with E-state index in [1.165, 1.54) is 46.6 Å². The van der Waals surface area contributed by atoms with Gasteiger partial charge in [0.25, 0.3) is 0 Å². The van der Waals surface area contributed by atoms with Crippen LogP contribution in [0.5, 0.6) is 11.5 Å². The molecule has 238 valence electrons. The van der Waals surface area contributed by atoms with Crippen LogP contribution in [-0.2, 0) is 0 Å². The first-order chi connectivity index (χ1) is 21.9. The van der Waals surface area contributed by atoms with Crippen LogP contribution in [-0.4, -0.2) is 38.8 Å². The van der Waals surface area contributed by atoms with Crippen LogP contribution in [0, 0.1) is 6.92 Å². The molecule has 0 aliphatic rings. The number of hydrogen-bond donors (Lipinski definition) is 1. The van der Waals surface area contributed by atoms with Gasteiger partial charge in [-0.05, 0) is 66.8 Å². The minimum absolute atomic E-state index is 0.250. The van der Waals surface area contributed by atoms with E-state index in [1.54, 1.807) is 13.3 Å². The lowest BCUT2D eigenvalue weighted by Crippen LogP contribution is -2.22. The molecule has 2 aromatic heterocycles. The van der Waals surface area contributed by atoms with Gasteiger partial charge >= 0.3 is 12.4 Å². The zero-order valence-electron chi connectivity index (χ0n) is 25.7. The summed E-state index contributed by atoms with van der Waals surface area (Å²) in [6.45, 7) is 8.07. The van der Waals surface area contributed by atoms with Gasteiger partial charge in [0.05, 0.1) is 18.5 Å². The van der Waals surface area contributed by atoms with Crippen molar-refractivity contribution >= 4 is 22.9 Å². The normalized spacial score (nSPS) is 12.5. The van der Waals surface area contributed by atoms with E-state index >= 15 is 0 Å². The van der Waals surface area contributed by atoms with Gasteiger partial charge in [-0.25, -0.2) is 14.5 Å². The summed E-state index contributed by atoms with van der Waals surface area (Å²) in [6.07, 6.45) is -1.68. The van der Waals surface area contributed by atoms with Crippen molar-refractivity contribution in [3.63, 3.8) is 0 Å². The molecule has 5 rings (SSSR count). The molecule has 0 radical (unpaired) electrons. The minimum atomic E-state index is -4.76. The van der Waals surface area contributed by atoms with Crippen LogP contribution < -0.4 is 19.6 Å². The smallest absolute Gasteiger partial charge is 0.497 e. The molecule has 0 aliphatic heterocycles. The standard InChI is InChI=1S/C33H31F3N6O3S/c1-20(2)28-15-14-27(44-5)16-29(28)42-22(4)18-46-32(42)39-31(43)37-17-21(3)23-6-8-24(9-7-23)30-38-19-41(40-30)25-10-12-26(13-11-25)45-33(34,35)36/h6-20H,1-5H3,(H,37,43)/b21-17+,39-32-. The lowest BCUT2D eigenvalue weighted by molar-refractivity contribution is -0.274. The molecule has 0 aliphatic carbocycles. The number of aromatic nitrogens is 4. The van der Waals surface area contributed by atoms with Gasteiger partial charge in [0.15, 0.2) is 10.6 Å². The number of hydrogen-bond acceptors (Lipinski definition) is 6. The molecular formula is C33H31F3N6O3S. The Morgan fingerprint density at radius 1 is 1.04 bits per heavy atom. The number of methoxy groups -OCH3 is 1. The fourth-order valence-electron chi connectivity index (χ4n) is 4.67. The molecule has 9 nitrogen and oxygen atoms in total. The molecule has 2 amide bonds. The second-order valence-electron chi connectivity index (χ2n) is 10.6. The largest absolute Gasteiger partial charge is 0.573 e. The lowest BCUT2D eigenvalue weighted by Gasteiger charge is -2.16. The van der Waals surface area contributed by atoms with Gasteiger partial charge in [-0.2, -0.15) is 4.99 Å². The third-order valence-corrected chi connectivity index (χ3v) is 7.96. The van der Waals surface area contributed by atoms with Crippen LogP contribution in [0.1, 0.15) is 43.5 Å². The Morgan fingerprint density at radius 3 is 2.39 bits per heavy atom. The Labute approximate surface area is 267 Å². The number of allylic oxidation sites excluding steroid dienone is 1. The van der Waals surface area contributed by atoms with Crippen molar-refractivity contribution < 1.29 is 27.4 Å². The number of urea groups is 1. The van der Waals surface area contributed by atoms with Gasteiger partial charge in [0.1, 0.15) is 17.8 Å². The Hall–Kier alpha value is -5.17. The predicted octanol–water partition coefficient (Wildman–Crippen LogP) is 7.80. The van der Waals surface area contributed by atoms with Crippen LogP contribution >= 0.6 is 11.3 Å². The molecule has 1 N–H and O–H groups in total. The number of benzene rings is 3. The van der Waals surface area contributed by atoms with Gasteiger partial charge in [-0.15, -0.1) is 29.6 Å². The number of nitrogens with zero attached hydrogens (tertiary/aromatic N) is 5. The van der Waals surface area contributed by atoms with Crippen LogP contribution in [0.15, 0.2) is 89.6 Å². The summed E-state index contributed by atoms with van der Waals surface area (Å²) in [5.74, 6) is 1.08. The van der Waals surface area contributed by atoms with Gasteiger partial charge in [0.2, 0.25) is 0 Å². The Kier molecular flexibility index (Phi) is 9.42. The van der Waals surface area contributed by atoms with E-state index in [0.717, 1.165) is 39.4 Å². The number of amides is 2. The van der Waals surface area contributed by atoms with E-state index in [-0.39, 0.29) is 11.7 Å². The van der Waals surface area contributed by atoms with E-state index in [4.69, 9.17) is 4.74 Å². The van der Waals surface area contributed by atoms with Crippen molar-refractivity contribution in [2.75, 3.05) is 7.11 Å². The minimum Gasteiger partial charge on any atom is -0.497 e. The zero-order chi connectivity index (χ0) is 33.0. The molecule has 46 heavy (non-hydrogen) atoms. The number of ether oxygens (including phenoxy) is 2. The summed E-state index contributed by atoms with van der Waals surface area (Å²) in [7, 11) is 1.62. The third kappa shape index (κ3) is 7.54. The summed E-state index contributed by atoms with van der Waals surface area (Å²) in [5, 5.41) is 9.16. The van der Waals surface area contributed by atoms with Crippen LogP contribution in [0.2, 0.25) is 0 Å². The van der Waals surface area contributed by atoms with E-state index < -0.39 is 12.4 Å². The molecule has 2 heterocycles. The summed E-state index contributed by atoms with van der Waals surface area (Å²) >= 11 is 1.38. The second kappa shape index (κ2) is 13.4. The molecule has 0 unspecified atom stereocenters. The highest BCUT2D eigenvalue weighted by Gasteiger charge is 2.31. The average Bonchev–Trinajstić information content (AvgIpc) is 3.66. The highest BCUT2D eigenvalue weighted by Crippen LogP contribution is 2.28. The SMILES string of the molecule is COc1ccc(C(C)C)c(-n2c(C)cs/c2=N\C(=O)N/C=C(\C)c2ccc(-c3ncn(-c4ccc(OC(F)(F)F)cc4)n3)cc2)c1. The molecule has 3 aromatic carbocycles. The number of thiazole rings is 1. The maximum Gasteiger partial charge on any atom is 0.573 e. The number of carbonyl (C=O) groups is 1. The molecule has 0 bridgehead atoms. The molecule has 0 fully saturated rings. The first-order valence-corrected chi connectivity index (χ1v) is 15.1. The number of alkyl halides is 3. The highest BCUT2D eigenvalue weighted by atomic mass is 32.1. The zero-order valence-corrected chi connectivity index (χ0v) is 26.5. The van der Waals surface area contributed by atoms with Gasteiger partial charge in [0, 0.05) is 28.9 Å². The van der Waals surface area contributed by atoms with Crippen molar-refractivity contribution in [3.8, 4) is 34.3 Å². The topological polar surface area (TPSA) is 95.6 Å². The van der Waals surface area contributed by atoms with E-state index in [9.17, 15) is 18.0 Å². The van der Waals surface area contributed by atoms with Crippen molar-refractivity contribution in [2.45, 2.75) is 40.0 Å². The fourth-order valence-corrected chi connectivity index (χ4v) is 5.54. The molecule has 0 spiro atoms. The summed E-state index contributed by atoms with van der Waals surface area (Å²) in [5.41, 5.74) is 5.91. The maximum atomic E-state index is 12.9. The number of nitrogens with one attached hydrogen (secondary N) is 1. The third-order valence-electron chi connectivity index (χ3n) is 7.01.